The van der Waals surface area contributed by atoms with Crippen molar-refractivity contribution in [2.24, 2.45) is 5.92 Å². The van der Waals surface area contributed by atoms with Crippen LogP contribution in [0.4, 0.5) is 0 Å². The number of hydrogen-bond donors (Lipinski definition) is 0. The Balaban J connectivity index is 0.000000404. The minimum Gasteiger partial charge on any atom is -0.494 e. The molecule has 3 aromatic rings. The lowest BCUT2D eigenvalue weighted by Crippen LogP contribution is -2.21. The molecular weight excluding hydrogens is 504 g/mol. The van der Waals surface area contributed by atoms with E-state index in [2.05, 4.69) is 90.1 Å². The van der Waals surface area contributed by atoms with E-state index in [1.807, 2.05) is 42.5 Å². The molecule has 0 aliphatic heterocycles. The number of hydrogen-bond acceptors (Lipinski definition) is 3. The van der Waals surface area contributed by atoms with Crippen molar-refractivity contribution in [3.8, 4) is 16.9 Å². The Morgan fingerprint density at radius 3 is 1.41 bits per heavy atom. The summed E-state index contributed by atoms with van der Waals surface area (Å²) in [4.78, 5) is 0. The fraction of sp³-hybridized carbons (Fsp3) is 0.526. The molecule has 0 spiro atoms. The van der Waals surface area contributed by atoms with Crippen molar-refractivity contribution >= 4 is 0 Å². The molecule has 0 saturated carbocycles. The van der Waals surface area contributed by atoms with Gasteiger partial charge >= 0.3 is 0 Å². The highest BCUT2D eigenvalue weighted by atomic mass is 16.5. The van der Waals surface area contributed by atoms with Crippen molar-refractivity contribution in [1.82, 2.24) is 0 Å². The highest BCUT2D eigenvalue weighted by molar-refractivity contribution is 5.62. The number of rotatable bonds is 17. The zero-order valence-electron chi connectivity index (χ0n) is 26.9. The summed E-state index contributed by atoms with van der Waals surface area (Å²) in [6.45, 7) is 15.4. The first-order chi connectivity index (χ1) is 20.0. The van der Waals surface area contributed by atoms with E-state index >= 15 is 0 Å². The van der Waals surface area contributed by atoms with Crippen LogP contribution in [0, 0.1) is 5.92 Å². The summed E-state index contributed by atoms with van der Waals surface area (Å²) < 4.78 is 17.2. The van der Waals surface area contributed by atoms with Crippen molar-refractivity contribution in [2.75, 3.05) is 19.8 Å². The molecule has 228 valence electrons. The van der Waals surface area contributed by atoms with E-state index in [1.54, 1.807) is 0 Å². The Hall–Kier alpha value is -2.62. The fourth-order valence-electron chi connectivity index (χ4n) is 3.76. The highest BCUT2D eigenvalue weighted by Gasteiger charge is 2.06. The Kier molecular flexibility index (Phi) is 22.3. The van der Waals surface area contributed by atoms with Gasteiger partial charge in [-0.1, -0.05) is 139 Å². The van der Waals surface area contributed by atoms with Gasteiger partial charge in [-0.25, -0.2) is 0 Å². The van der Waals surface area contributed by atoms with Gasteiger partial charge in [0, 0.05) is 6.61 Å². The molecule has 3 aromatic carbocycles. The van der Waals surface area contributed by atoms with Gasteiger partial charge in [0.05, 0.1) is 25.4 Å². The zero-order chi connectivity index (χ0) is 30.0. The highest BCUT2D eigenvalue weighted by Crippen LogP contribution is 2.17. The van der Waals surface area contributed by atoms with Crippen LogP contribution in [0.3, 0.4) is 0 Å². The van der Waals surface area contributed by atoms with Crippen molar-refractivity contribution in [3.63, 3.8) is 0 Å². The van der Waals surface area contributed by atoms with Crippen molar-refractivity contribution in [3.05, 3.63) is 91.0 Å². The first-order valence-electron chi connectivity index (χ1n) is 16.0. The van der Waals surface area contributed by atoms with Crippen LogP contribution in [0.15, 0.2) is 91.0 Å². The third-order valence-electron chi connectivity index (χ3n) is 6.78. The molecule has 0 heterocycles. The monoisotopic (exact) mass is 562 g/mol. The third-order valence-corrected chi connectivity index (χ3v) is 6.78. The SMILES string of the molecule is CCC(C)C.CCC(C)OC(C)COCCCCCCCCOc1ccccc1.c1ccc(-c2ccccc2)cc1. The molecule has 0 aliphatic rings. The molecule has 3 nitrogen and oxygen atoms in total. The van der Waals surface area contributed by atoms with Crippen molar-refractivity contribution in [2.45, 2.75) is 105 Å². The van der Waals surface area contributed by atoms with E-state index in [9.17, 15) is 0 Å². The van der Waals surface area contributed by atoms with Crippen molar-refractivity contribution in [1.29, 1.82) is 0 Å². The minimum absolute atomic E-state index is 0.199. The molecule has 0 aliphatic carbocycles. The molecule has 2 unspecified atom stereocenters. The molecule has 0 N–H and O–H groups in total. The lowest BCUT2D eigenvalue weighted by atomic mass is 10.1. The van der Waals surface area contributed by atoms with Crippen LogP contribution in [-0.2, 0) is 9.47 Å². The molecule has 0 bridgehead atoms. The molecule has 2 atom stereocenters. The lowest BCUT2D eigenvalue weighted by Gasteiger charge is -2.17. The maximum atomic E-state index is 5.78. The lowest BCUT2D eigenvalue weighted by molar-refractivity contribution is -0.0428. The van der Waals surface area contributed by atoms with Gasteiger partial charge in [0.25, 0.3) is 0 Å². The van der Waals surface area contributed by atoms with Crippen LogP contribution in [0.2, 0.25) is 0 Å². The Bertz CT molecular complexity index is 890. The molecular formula is C38H58O3. The standard InChI is InChI=1S/C21H36O3.C12H10.C5H12/c1-4-19(2)24-20(3)18-22-16-12-7-5-6-8-13-17-23-21-14-10-9-11-15-21;1-3-7-11(8-4-1)12-9-5-2-6-10-12;1-4-5(2)3/h9-11,14-15,19-20H,4-8,12-13,16-18H2,1-3H3;1-10H;5H,4H2,1-3H3. The molecule has 41 heavy (non-hydrogen) atoms. The summed E-state index contributed by atoms with van der Waals surface area (Å²) >= 11 is 0. The van der Waals surface area contributed by atoms with Crippen LogP contribution in [0.5, 0.6) is 5.75 Å². The summed E-state index contributed by atoms with van der Waals surface area (Å²) in [6.07, 6.45) is 10.2. The maximum Gasteiger partial charge on any atom is 0.119 e. The van der Waals surface area contributed by atoms with E-state index in [4.69, 9.17) is 14.2 Å². The van der Waals surface area contributed by atoms with Crippen LogP contribution in [0.1, 0.15) is 92.9 Å². The van der Waals surface area contributed by atoms with Gasteiger partial charge in [-0.05, 0) is 62.3 Å². The average Bonchev–Trinajstić information content (AvgIpc) is 3.01. The average molecular weight is 563 g/mol. The largest absolute Gasteiger partial charge is 0.494 e. The van der Waals surface area contributed by atoms with Crippen LogP contribution in [-0.4, -0.2) is 32.0 Å². The second kappa shape index (κ2) is 25.1. The van der Waals surface area contributed by atoms with E-state index in [1.165, 1.54) is 43.2 Å². The predicted molar refractivity (Wildman–Crippen MR) is 178 cm³/mol. The Morgan fingerprint density at radius 1 is 0.512 bits per heavy atom. The van der Waals surface area contributed by atoms with E-state index in [0.29, 0.717) is 12.7 Å². The first-order valence-corrected chi connectivity index (χ1v) is 16.0. The van der Waals surface area contributed by atoms with E-state index in [0.717, 1.165) is 44.1 Å². The summed E-state index contributed by atoms with van der Waals surface area (Å²) in [5, 5.41) is 0. The molecule has 0 aromatic heterocycles. The number of benzene rings is 3. The van der Waals surface area contributed by atoms with Crippen LogP contribution >= 0.6 is 0 Å². The molecule has 3 rings (SSSR count). The zero-order valence-corrected chi connectivity index (χ0v) is 26.9. The van der Waals surface area contributed by atoms with Crippen LogP contribution in [0.25, 0.3) is 11.1 Å². The molecule has 0 fully saturated rings. The fourth-order valence-corrected chi connectivity index (χ4v) is 3.76. The van der Waals surface area contributed by atoms with Crippen LogP contribution < -0.4 is 4.74 Å². The smallest absolute Gasteiger partial charge is 0.119 e. The van der Waals surface area contributed by atoms with Gasteiger partial charge < -0.3 is 14.2 Å². The topological polar surface area (TPSA) is 27.7 Å². The maximum absolute atomic E-state index is 5.78. The van der Waals surface area contributed by atoms with Gasteiger partial charge in [0.2, 0.25) is 0 Å². The Labute approximate surface area is 252 Å². The summed E-state index contributed by atoms with van der Waals surface area (Å²) in [5.74, 6) is 1.86. The second-order valence-electron chi connectivity index (χ2n) is 11.1. The predicted octanol–water partition coefficient (Wildman–Crippen LogP) is 11.0. The second-order valence-corrected chi connectivity index (χ2v) is 11.1. The summed E-state index contributed by atoms with van der Waals surface area (Å²) in [7, 11) is 0. The number of para-hydroxylation sites is 1. The quantitative estimate of drug-likeness (QED) is 0.153. The minimum atomic E-state index is 0.199. The van der Waals surface area contributed by atoms with Gasteiger partial charge in [-0.15, -0.1) is 0 Å². The van der Waals surface area contributed by atoms with E-state index in [-0.39, 0.29) is 6.10 Å². The number of ether oxygens (including phenoxy) is 3. The molecule has 0 saturated heterocycles. The molecule has 0 amide bonds. The third kappa shape index (κ3) is 20.8. The number of unbranched alkanes of at least 4 members (excludes halogenated alkanes) is 5. The molecule has 0 radical (unpaired) electrons. The van der Waals surface area contributed by atoms with Gasteiger partial charge in [0.15, 0.2) is 0 Å². The first kappa shape index (κ1) is 36.4. The molecule has 3 heteroatoms. The van der Waals surface area contributed by atoms with E-state index < -0.39 is 0 Å². The van der Waals surface area contributed by atoms with Gasteiger partial charge in [0.1, 0.15) is 5.75 Å². The summed E-state index contributed by atoms with van der Waals surface area (Å²) in [5.41, 5.74) is 2.55. The Morgan fingerprint density at radius 2 is 0.951 bits per heavy atom. The van der Waals surface area contributed by atoms with Gasteiger partial charge in [-0.2, -0.15) is 0 Å². The van der Waals surface area contributed by atoms with Crippen molar-refractivity contribution < 1.29 is 14.2 Å². The normalized spacial score (nSPS) is 12.0. The summed E-state index contributed by atoms with van der Waals surface area (Å²) in [6, 6.07) is 30.8. The van der Waals surface area contributed by atoms with Gasteiger partial charge in [-0.3, -0.25) is 0 Å².